The normalized spacial score (nSPS) is 17.9. The quantitative estimate of drug-likeness (QED) is 0.822. The van der Waals surface area contributed by atoms with Crippen molar-refractivity contribution in [3.8, 4) is 0 Å². The number of halogens is 1. The summed E-state index contributed by atoms with van der Waals surface area (Å²) in [6.07, 6.45) is 4.83. The number of aliphatic hydroxyl groups excluding tert-OH is 1. The molecule has 1 aromatic heterocycles. The maximum atomic E-state index is 9.12. The van der Waals surface area contributed by atoms with E-state index in [-0.39, 0.29) is 6.61 Å². The van der Waals surface area contributed by atoms with Crippen LogP contribution in [0.5, 0.6) is 0 Å². The summed E-state index contributed by atoms with van der Waals surface area (Å²) >= 11 is 6.15. The van der Waals surface area contributed by atoms with Crippen molar-refractivity contribution in [1.82, 2.24) is 9.78 Å². The van der Waals surface area contributed by atoms with Crippen molar-refractivity contribution in [3.05, 3.63) is 16.4 Å². The molecule has 0 aliphatic heterocycles. The number of hydrogen-bond donors (Lipinski definition) is 1. The molecule has 0 radical (unpaired) electrons. The third-order valence-corrected chi connectivity index (χ3v) is 3.37. The summed E-state index contributed by atoms with van der Waals surface area (Å²) in [6.45, 7) is 1.88. The average molecular weight is 215 g/mol. The molecule has 0 unspecified atom stereocenters. The molecule has 1 fully saturated rings. The highest BCUT2D eigenvalue weighted by Gasteiger charge is 2.22. The number of aryl methyl sites for hydroxylation is 1. The van der Waals surface area contributed by atoms with Crippen molar-refractivity contribution in [2.75, 3.05) is 0 Å². The third kappa shape index (κ3) is 1.55. The van der Waals surface area contributed by atoms with E-state index in [0.717, 1.165) is 24.1 Å². The largest absolute Gasteiger partial charge is 0.391 e. The Bertz CT molecular complexity index is 329. The van der Waals surface area contributed by atoms with Crippen LogP contribution < -0.4 is 0 Å². The van der Waals surface area contributed by atoms with Crippen LogP contribution in [0.3, 0.4) is 0 Å². The fourth-order valence-corrected chi connectivity index (χ4v) is 2.50. The summed E-state index contributed by atoms with van der Waals surface area (Å²) < 4.78 is 1.88. The Hall–Kier alpha value is -0.540. The minimum absolute atomic E-state index is 0.0165. The van der Waals surface area contributed by atoms with E-state index in [2.05, 4.69) is 5.10 Å². The van der Waals surface area contributed by atoms with Gasteiger partial charge in [0, 0.05) is 5.56 Å². The summed E-state index contributed by atoms with van der Waals surface area (Å²) in [5.74, 6) is 0. The summed E-state index contributed by atoms with van der Waals surface area (Å²) in [5, 5.41) is 14.1. The Kier molecular flexibility index (Phi) is 2.79. The first kappa shape index (κ1) is 9.99. The van der Waals surface area contributed by atoms with Crippen LogP contribution in [0.1, 0.15) is 43.0 Å². The van der Waals surface area contributed by atoms with Crippen LogP contribution in [0.4, 0.5) is 0 Å². The summed E-state index contributed by atoms with van der Waals surface area (Å²) in [6, 6.07) is 0.446. The Labute approximate surface area is 88.7 Å². The van der Waals surface area contributed by atoms with Crippen LogP contribution in [0.2, 0.25) is 5.15 Å². The molecule has 0 aromatic carbocycles. The highest BCUT2D eigenvalue weighted by Crippen LogP contribution is 2.33. The van der Waals surface area contributed by atoms with Crippen molar-refractivity contribution < 1.29 is 5.11 Å². The van der Waals surface area contributed by atoms with E-state index in [9.17, 15) is 0 Å². The Balaban J connectivity index is 2.33. The highest BCUT2D eigenvalue weighted by molar-refractivity contribution is 6.30. The van der Waals surface area contributed by atoms with Gasteiger partial charge in [0.15, 0.2) is 0 Å². The third-order valence-electron chi connectivity index (χ3n) is 2.97. The van der Waals surface area contributed by atoms with E-state index in [1.165, 1.54) is 12.8 Å². The SMILES string of the molecule is Cc1nn(C2CCCC2)c(Cl)c1CO. The van der Waals surface area contributed by atoms with E-state index >= 15 is 0 Å². The highest BCUT2D eigenvalue weighted by atomic mass is 35.5. The van der Waals surface area contributed by atoms with Gasteiger partial charge in [-0.05, 0) is 19.8 Å². The van der Waals surface area contributed by atoms with E-state index in [0.29, 0.717) is 11.2 Å². The zero-order valence-corrected chi connectivity index (χ0v) is 9.09. The average Bonchev–Trinajstić information content (AvgIpc) is 2.74. The minimum atomic E-state index is -0.0165. The van der Waals surface area contributed by atoms with Gasteiger partial charge in [0.1, 0.15) is 5.15 Å². The Morgan fingerprint density at radius 2 is 2.14 bits per heavy atom. The molecule has 14 heavy (non-hydrogen) atoms. The summed E-state index contributed by atoms with van der Waals surface area (Å²) in [5.41, 5.74) is 1.63. The number of aliphatic hydroxyl groups is 1. The van der Waals surface area contributed by atoms with Gasteiger partial charge >= 0.3 is 0 Å². The summed E-state index contributed by atoms with van der Waals surface area (Å²) in [4.78, 5) is 0. The summed E-state index contributed by atoms with van der Waals surface area (Å²) in [7, 11) is 0. The number of aromatic nitrogens is 2. The fourth-order valence-electron chi connectivity index (χ4n) is 2.12. The van der Waals surface area contributed by atoms with E-state index < -0.39 is 0 Å². The molecule has 0 amide bonds. The van der Waals surface area contributed by atoms with Crippen LogP contribution in [-0.2, 0) is 6.61 Å². The molecule has 2 rings (SSSR count). The van der Waals surface area contributed by atoms with Crippen LogP contribution in [-0.4, -0.2) is 14.9 Å². The minimum Gasteiger partial charge on any atom is -0.391 e. The molecule has 0 atom stereocenters. The van der Waals surface area contributed by atoms with E-state index in [1.54, 1.807) is 0 Å². The lowest BCUT2D eigenvalue weighted by Gasteiger charge is -2.10. The fraction of sp³-hybridized carbons (Fsp3) is 0.700. The lowest BCUT2D eigenvalue weighted by atomic mass is 10.2. The van der Waals surface area contributed by atoms with Gasteiger partial charge in [-0.25, -0.2) is 0 Å². The molecule has 1 heterocycles. The first-order chi connectivity index (χ1) is 6.74. The molecule has 1 saturated carbocycles. The molecular weight excluding hydrogens is 200 g/mol. The molecule has 1 aromatic rings. The predicted octanol–water partition coefficient (Wildman–Crippen LogP) is 2.45. The van der Waals surface area contributed by atoms with Crippen molar-refractivity contribution in [3.63, 3.8) is 0 Å². The predicted molar refractivity (Wildman–Crippen MR) is 55.4 cm³/mol. The van der Waals surface area contributed by atoms with Crippen LogP contribution in [0.25, 0.3) is 0 Å². The Morgan fingerprint density at radius 1 is 1.50 bits per heavy atom. The maximum absolute atomic E-state index is 9.12. The molecule has 1 aliphatic carbocycles. The topological polar surface area (TPSA) is 38.0 Å². The Morgan fingerprint density at radius 3 is 2.64 bits per heavy atom. The van der Waals surface area contributed by atoms with Crippen LogP contribution in [0.15, 0.2) is 0 Å². The smallest absolute Gasteiger partial charge is 0.133 e. The molecule has 78 valence electrons. The van der Waals surface area contributed by atoms with Crippen molar-refractivity contribution >= 4 is 11.6 Å². The zero-order valence-electron chi connectivity index (χ0n) is 8.33. The van der Waals surface area contributed by atoms with Gasteiger partial charge in [0.05, 0.1) is 18.3 Å². The molecule has 0 bridgehead atoms. The first-order valence-electron chi connectivity index (χ1n) is 5.08. The van der Waals surface area contributed by atoms with Crippen LogP contribution in [0, 0.1) is 6.92 Å². The van der Waals surface area contributed by atoms with Gasteiger partial charge in [-0.15, -0.1) is 0 Å². The molecule has 1 N–H and O–H groups in total. The van der Waals surface area contributed by atoms with Gasteiger partial charge in [-0.3, -0.25) is 4.68 Å². The van der Waals surface area contributed by atoms with Gasteiger partial charge in [0.2, 0.25) is 0 Å². The van der Waals surface area contributed by atoms with Gasteiger partial charge in [-0.2, -0.15) is 5.10 Å². The van der Waals surface area contributed by atoms with Gasteiger partial charge in [-0.1, -0.05) is 24.4 Å². The van der Waals surface area contributed by atoms with Crippen molar-refractivity contribution in [2.24, 2.45) is 0 Å². The molecule has 0 spiro atoms. The molecular formula is C10H15ClN2O. The second-order valence-electron chi connectivity index (χ2n) is 3.90. The van der Waals surface area contributed by atoms with Crippen LogP contribution >= 0.6 is 11.6 Å². The van der Waals surface area contributed by atoms with E-state index in [1.807, 2.05) is 11.6 Å². The number of nitrogens with zero attached hydrogens (tertiary/aromatic N) is 2. The second-order valence-corrected chi connectivity index (χ2v) is 4.25. The number of hydrogen-bond acceptors (Lipinski definition) is 2. The lowest BCUT2D eigenvalue weighted by Crippen LogP contribution is -2.06. The standard InChI is InChI=1S/C10H15ClN2O/c1-7-9(6-14)10(11)13(12-7)8-4-2-3-5-8/h8,14H,2-6H2,1H3. The van der Waals surface area contributed by atoms with Gasteiger partial charge in [0.25, 0.3) is 0 Å². The second kappa shape index (κ2) is 3.91. The molecule has 3 nitrogen and oxygen atoms in total. The molecule has 4 heteroatoms. The van der Waals surface area contributed by atoms with Crippen molar-refractivity contribution in [1.29, 1.82) is 0 Å². The van der Waals surface area contributed by atoms with E-state index in [4.69, 9.17) is 16.7 Å². The molecule has 0 saturated heterocycles. The monoisotopic (exact) mass is 214 g/mol. The number of rotatable bonds is 2. The van der Waals surface area contributed by atoms with Crippen molar-refractivity contribution in [2.45, 2.75) is 45.3 Å². The van der Waals surface area contributed by atoms with Gasteiger partial charge < -0.3 is 5.11 Å². The maximum Gasteiger partial charge on any atom is 0.133 e. The first-order valence-corrected chi connectivity index (χ1v) is 5.46. The molecule has 1 aliphatic rings. The lowest BCUT2D eigenvalue weighted by molar-refractivity contribution is 0.281. The zero-order chi connectivity index (χ0) is 10.1.